The highest BCUT2D eigenvalue weighted by Gasteiger charge is 2.06. The van der Waals surface area contributed by atoms with Gasteiger partial charge < -0.3 is 5.11 Å². The molecule has 2 rings (SSSR count). The van der Waals surface area contributed by atoms with Crippen molar-refractivity contribution in [2.45, 2.75) is 13.3 Å². The van der Waals surface area contributed by atoms with E-state index in [1.807, 2.05) is 6.92 Å². The number of fused-ring (bicyclic) bond motifs is 1. The van der Waals surface area contributed by atoms with Crippen LogP contribution in [0.3, 0.4) is 0 Å². The summed E-state index contributed by atoms with van der Waals surface area (Å²) in [5.41, 5.74) is 2.85. The summed E-state index contributed by atoms with van der Waals surface area (Å²) in [6, 6.07) is 8.48. The van der Waals surface area contributed by atoms with E-state index < -0.39 is 0 Å². The average molecular weight is 136 g/mol. The highest BCUT2D eigenvalue weighted by atomic mass is 16.2. The number of aliphatic hydroxyl groups is 1. The van der Waals surface area contributed by atoms with Gasteiger partial charge in [-0.15, -0.1) is 0 Å². The lowest BCUT2D eigenvalue weighted by Gasteiger charge is -1.69. The second kappa shape index (κ2) is 3.37. The molecule has 0 aromatic heterocycles. The Morgan fingerprint density at radius 2 is 1.80 bits per heavy atom. The third kappa shape index (κ3) is 1.85. The van der Waals surface area contributed by atoms with Gasteiger partial charge in [0.25, 0.3) is 0 Å². The van der Waals surface area contributed by atoms with Crippen molar-refractivity contribution in [1.82, 2.24) is 0 Å². The van der Waals surface area contributed by atoms with Gasteiger partial charge in [0, 0.05) is 6.61 Å². The molecule has 2 aliphatic rings. The first-order chi connectivity index (χ1) is 4.88. The lowest BCUT2D eigenvalue weighted by molar-refractivity contribution is 0.295. The molecule has 0 amide bonds. The molecule has 0 heterocycles. The molecule has 0 spiro atoms. The van der Waals surface area contributed by atoms with Crippen LogP contribution < -0.4 is 0 Å². The number of rotatable bonds is 1. The van der Waals surface area contributed by atoms with Gasteiger partial charge in [-0.1, -0.05) is 25.1 Å². The third-order valence-corrected chi connectivity index (χ3v) is 1.34. The molecule has 1 N–H and O–H groups in total. The van der Waals surface area contributed by atoms with Crippen molar-refractivity contribution in [3.05, 3.63) is 24.3 Å². The van der Waals surface area contributed by atoms with Gasteiger partial charge in [0.1, 0.15) is 0 Å². The van der Waals surface area contributed by atoms with Crippen molar-refractivity contribution in [2.24, 2.45) is 0 Å². The maximum atomic E-state index is 7.88. The summed E-state index contributed by atoms with van der Waals surface area (Å²) in [4.78, 5) is 0. The predicted octanol–water partition coefficient (Wildman–Crippen LogP) is 2.06. The SMILES string of the molecule is CCCO.c1cc2cc-2c1. The molecule has 2 aliphatic carbocycles. The van der Waals surface area contributed by atoms with Crippen molar-refractivity contribution in [3.63, 3.8) is 0 Å². The summed E-state index contributed by atoms with van der Waals surface area (Å²) in [5.74, 6) is 0. The normalized spacial score (nSPS) is 9.80. The fraction of sp³-hybridized carbons (Fsp3) is 0.333. The van der Waals surface area contributed by atoms with E-state index in [-0.39, 0.29) is 0 Å². The van der Waals surface area contributed by atoms with Crippen LogP contribution >= 0.6 is 0 Å². The molecule has 0 saturated carbocycles. The van der Waals surface area contributed by atoms with Crippen LogP contribution in [-0.2, 0) is 0 Å². The first-order valence-corrected chi connectivity index (χ1v) is 3.59. The molecule has 0 aromatic carbocycles. The summed E-state index contributed by atoms with van der Waals surface area (Å²) < 4.78 is 0. The highest BCUT2D eigenvalue weighted by molar-refractivity contribution is 5.80. The van der Waals surface area contributed by atoms with Crippen LogP contribution in [0.25, 0.3) is 11.1 Å². The van der Waals surface area contributed by atoms with Crippen molar-refractivity contribution in [3.8, 4) is 11.1 Å². The Morgan fingerprint density at radius 3 is 1.90 bits per heavy atom. The summed E-state index contributed by atoms with van der Waals surface area (Å²) in [6.45, 7) is 2.25. The lowest BCUT2D eigenvalue weighted by atomic mass is 10.5. The van der Waals surface area contributed by atoms with Gasteiger partial charge in [0.2, 0.25) is 0 Å². The summed E-state index contributed by atoms with van der Waals surface area (Å²) in [5, 5.41) is 7.88. The zero-order valence-electron chi connectivity index (χ0n) is 6.17. The molecule has 0 bridgehead atoms. The minimum absolute atomic E-state index is 0.319. The standard InChI is InChI=1S/C6H4.C3H8O/c1-2-5-4-6(5)3-1;1-2-3-4/h1-4H;4H,2-3H2,1H3. The zero-order valence-corrected chi connectivity index (χ0v) is 6.17. The van der Waals surface area contributed by atoms with E-state index in [0.717, 1.165) is 6.42 Å². The quantitative estimate of drug-likeness (QED) is 0.636. The van der Waals surface area contributed by atoms with Crippen LogP contribution in [0, 0.1) is 0 Å². The monoisotopic (exact) mass is 136 g/mol. The van der Waals surface area contributed by atoms with Crippen LogP contribution in [0.4, 0.5) is 0 Å². The van der Waals surface area contributed by atoms with Gasteiger partial charge in [-0.05, 0) is 23.6 Å². The molecule has 0 aliphatic heterocycles. The van der Waals surface area contributed by atoms with E-state index in [1.165, 1.54) is 11.1 Å². The molecule has 0 unspecified atom stereocenters. The molecular formula is C9H12O. The Morgan fingerprint density at radius 1 is 1.30 bits per heavy atom. The van der Waals surface area contributed by atoms with E-state index in [0.29, 0.717) is 6.61 Å². The first-order valence-electron chi connectivity index (χ1n) is 3.59. The minimum Gasteiger partial charge on any atom is -0.396 e. The molecule has 0 fully saturated rings. The Hall–Kier alpha value is -0.820. The fourth-order valence-corrected chi connectivity index (χ4v) is 0.676. The fourth-order valence-electron chi connectivity index (χ4n) is 0.676. The van der Waals surface area contributed by atoms with Crippen LogP contribution in [0.2, 0.25) is 0 Å². The second-order valence-corrected chi connectivity index (χ2v) is 2.30. The summed E-state index contributed by atoms with van der Waals surface area (Å²) >= 11 is 0. The van der Waals surface area contributed by atoms with Gasteiger partial charge in [-0.2, -0.15) is 0 Å². The molecule has 10 heavy (non-hydrogen) atoms. The topological polar surface area (TPSA) is 20.2 Å². The number of aliphatic hydroxyl groups excluding tert-OH is 1. The Labute approximate surface area is 61.3 Å². The minimum atomic E-state index is 0.319. The molecule has 1 heteroatoms. The predicted molar refractivity (Wildman–Crippen MR) is 42.8 cm³/mol. The molecule has 0 saturated heterocycles. The Bertz CT molecular complexity index is 186. The van der Waals surface area contributed by atoms with Crippen molar-refractivity contribution in [2.75, 3.05) is 6.61 Å². The van der Waals surface area contributed by atoms with Gasteiger partial charge >= 0.3 is 0 Å². The third-order valence-electron chi connectivity index (χ3n) is 1.34. The van der Waals surface area contributed by atoms with Crippen LogP contribution in [0.1, 0.15) is 13.3 Å². The largest absolute Gasteiger partial charge is 0.396 e. The van der Waals surface area contributed by atoms with Crippen LogP contribution in [0.15, 0.2) is 24.3 Å². The summed E-state index contributed by atoms with van der Waals surface area (Å²) in [6.07, 6.45) is 0.875. The molecule has 54 valence electrons. The maximum absolute atomic E-state index is 7.88. The van der Waals surface area contributed by atoms with Crippen LogP contribution in [0.5, 0.6) is 0 Å². The van der Waals surface area contributed by atoms with Crippen molar-refractivity contribution >= 4 is 0 Å². The smallest absolute Gasteiger partial charge is 0.0428 e. The van der Waals surface area contributed by atoms with Crippen LogP contribution in [-0.4, -0.2) is 11.7 Å². The van der Waals surface area contributed by atoms with E-state index in [2.05, 4.69) is 24.3 Å². The molecule has 0 radical (unpaired) electrons. The molecule has 0 aromatic rings. The number of hydrogen-bond acceptors (Lipinski definition) is 1. The number of hydrogen-bond donors (Lipinski definition) is 1. The van der Waals surface area contributed by atoms with Gasteiger partial charge in [0.15, 0.2) is 0 Å². The molecule has 1 nitrogen and oxygen atoms in total. The molecule has 0 atom stereocenters. The maximum Gasteiger partial charge on any atom is 0.0428 e. The number of benzene rings is 1. The second-order valence-electron chi connectivity index (χ2n) is 2.30. The Kier molecular flexibility index (Phi) is 2.46. The van der Waals surface area contributed by atoms with Gasteiger partial charge in [-0.3, -0.25) is 0 Å². The van der Waals surface area contributed by atoms with Gasteiger partial charge in [-0.25, -0.2) is 0 Å². The molecular weight excluding hydrogens is 124 g/mol. The first kappa shape index (κ1) is 7.29. The lowest BCUT2D eigenvalue weighted by Crippen LogP contribution is -1.69. The van der Waals surface area contributed by atoms with Crippen molar-refractivity contribution < 1.29 is 5.11 Å². The zero-order chi connectivity index (χ0) is 7.40. The van der Waals surface area contributed by atoms with E-state index in [4.69, 9.17) is 5.11 Å². The summed E-state index contributed by atoms with van der Waals surface area (Å²) in [7, 11) is 0. The van der Waals surface area contributed by atoms with Crippen molar-refractivity contribution in [1.29, 1.82) is 0 Å². The van der Waals surface area contributed by atoms with E-state index in [9.17, 15) is 0 Å². The van der Waals surface area contributed by atoms with E-state index >= 15 is 0 Å². The van der Waals surface area contributed by atoms with E-state index in [1.54, 1.807) is 0 Å². The Balaban J connectivity index is 0.000000112. The van der Waals surface area contributed by atoms with Gasteiger partial charge in [0.05, 0.1) is 0 Å². The average Bonchev–Trinajstić information content (AvgIpc) is 2.60. The highest BCUT2D eigenvalue weighted by Crippen LogP contribution is 2.32.